The molecular weight excluding hydrogens is 248 g/mol. The normalized spacial score (nSPS) is 17.0. The van der Waals surface area contributed by atoms with Gasteiger partial charge in [0.25, 0.3) is 0 Å². The van der Waals surface area contributed by atoms with Crippen LogP contribution in [0.2, 0.25) is 0 Å². The largest absolute Gasteiger partial charge is 0.148 e. The van der Waals surface area contributed by atoms with E-state index in [-0.39, 0.29) is 0 Å². The molecule has 0 amide bonds. The van der Waals surface area contributed by atoms with Crippen molar-refractivity contribution in [2.45, 2.75) is 11.7 Å². The molecule has 1 unspecified atom stereocenters. The highest BCUT2D eigenvalue weighted by atomic mass is 32.2. The van der Waals surface area contributed by atoms with Crippen molar-refractivity contribution in [3.63, 3.8) is 0 Å². The highest BCUT2D eigenvalue weighted by molar-refractivity contribution is 7.97. The Kier molecular flexibility index (Phi) is 3.48. The standard InChI is InChI=1S/C18H19S/c1-3-11-19(12-4-2)17-13-15-9-5-7-14-8-6-10-16(17)18(14)15/h3-10,17H,1-2,11-13H2/q+1. The average Bonchev–Trinajstić information content (AvgIpc) is 2.80. The summed E-state index contributed by atoms with van der Waals surface area (Å²) >= 11 is 0. The molecule has 0 saturated heterocycles. The third kappa shape index (κ3) is 2.12. The number of hydrogen-bond donors (Lipinski definition) is 0. The average molecular weight is 267 g/mol. The molecule has 0 aromatic heterocycles. The van der Waals surface area contributed by atoms with Gasteiger partial charge in [0.05, 0.1) is 0 Å². The molecule has 0 radical (unpaired) electrons. The van der Waals surface area contributed by atoms with Crippen LogP contribution in [0.1, 0.15) is 16.4 Å². The second-order valence-corrected chi connectivity index (χ2v) is 7.31. The molecule has 1 heteroatoms. The van der Waals surface area contributed by atoms with Gasteiger partial charge in [0.2, 0.25) is 0 Å². The van der Waals surface area contributed by atoms with Gasteiger partial charge in [-0.25, -0.2) is 0 Å². The van der Waals surface area contributed by atoms with E-state index in [0.29, 0.717) is 16.1 Å². The number of rotatable bonds is 5. The van der Waals surface area contributed by atoms with Gasteiger partial charge in [-0.05, 0) is 28.5 Å². The molecule has 0 bridgehead atoms. The molecule has 2 aromatic rings. The Balaban J connectivity index is 2.06. The molecule has 0 spiro atoms. The molecule has 2 aromatic carbocycles. The summed E-state index contributed by atoms with van der Waals surface area (Å²) in [5.74, 6) is 2.20. The fourth-order valence-corrected chi connectivity index (χ4v) is 5.28. The van der Waals surface area contributed by atoms with E-state index in [1.807, 2.05) is 0 Å². The molecule has 1 aliphatic carbocycles. The molecule has 1 atom stereocenters. The van der Waals surface area contributed by atoms with Crippen molar-refractivity contribution in [1.82, 2.24) is 0 Å². The summed E-state index contributed by atoms with van der Waals surface area (Å²) in [5.41, 5.74) is 3.06. The van der Waals surface area contributed by atoms with E-state index in [1.165, 1.54) is 22.8 Å². The monoisotopic (exact) mass is 267 g/mol. The maximum absolute atomic E-state index is 3.92. The van der Waals surface area contributed by atoms with Crippen LogP contribution >= 0.6 is 0 Å². The zero-order valence-corrected chi connectivity index (χ0v) is 12.0. The van der Waals surface area contributed by atoms with Crippen molar-refractivity contribution >= 4 is 21.7 Å². The van der Waals surface area contributed by atoms with Crippen LogP contribution < -0.4 is 0 Å². The Hall–Kier alpha value is -1.47. The lowest BCUT2D eigenvalue weighted by Crippen LogP contribution is -2.18. The summed E-state index contributed by atoms with van der Waals surface area (Å²) in [6.45, 7) is 7.85. The Morgan fingerprint density at radius 1 is 1.05 bits per heavy atom. The molecule has 0 fully saturated rings. The van der Waals surface area contributed by atoms with E-state index in [0.717, 1.165) is 11.5 Å². The third-order valence-electron chi connectivity index (χ3n) is 3.84. The number of hydrogen-bond acceptors (Lipinski definition) is 0. The highest BCUT2D eigenvalue weighted by Crippen LogP contribution is 2.42. The lowest BCUT2D eigenvalue weighted by atomic mass is 10.1. The SMILES string of the molecule is C=CC[S+](CC=C)C1Cc2cccc3cccc1c23. The summed E-state index contributed by atoms with van der Waals surface area (Å²) < 4.78 is 0. The minimum absolute atomic E-state index is 0.331. The zero-order valence-electron chi connectivity index (χ0n) is 11.1. The third-order valence-corrected chi connectivity index (χ3v) is 6.39. The molecule has 0 saturated carbocycles. The van der Waals surface area contributed by atoms with E-state index < -0.39 is 0 Å². The van der Waals surface area contributed by atoms with E-state index in [9.17, 15) is 0 Å². The van der Waals surface area contributed by atoms with Gasteiger partial charge >= 0.3 is 0 Å². The second-order valence-electron chi connectivity index (χ2n) is 5.00. The molecular formula is C18H19S+. The Labute approximate surface area is 118 Å². The summed E-state index contributed by atoms with van der Waals surface area (Å²) in [7, 11) is 0.331. The van der Waals surface area contributed by atoms with E-state index in [2.05, 4.69) is 61.7 Å². The van der Waals surface area contributed by atoms with Crippen LogP contribution in [0.3, 0.4) is 0 Å². The first-order valence-corrected chi connectivity index (χ1v) is 8.36. The molecule has 0 nitrogen and oxygen atoms in total. The Bertz CT molecular complexity index is 611. The second kappa shape index (κ2) is 5.26. The summed E-state index contributed by atoms with van der Waals surface area (Å²) in [5, 5.41) is 3.54. The zero-order chi connectivity index (χ0) is 13.2. The minimum atomic E-state index is 0.331. The molecule has 19 heavy (non-hydrogen) atoms. The Morgan fingerprint density at radius 2 is 1.74 bits per heavy atom. The van der Waals surface area contributed by atoms with Crippen molar-refractivity contribution in [2.75, 3.05) is 11.5 Å². The Morgan fingerprint density at radius 3 is 2.42 bits per heavy atom. The molecule has 3 rings (SSSR count). The fraction of sp³-hybridized carbons (Fsp3) is 0.222. The van der Waals surface area contributed by atoms with Crippen LogP contribution in [0, 0.1) is 0 Å². The first kappa shape index (κ1) is 12.6. The lowest BCUT2D eigenvalue weighted by molar-refractivity contribution is 0.979. The van der Waals surface area contributed by atoms with Gasteiger partial charge in [0.1, 0.15) is 16.8 Å². The van der Waals surface area contributed by atoms with Gasteiger partial charge < -0.3 is 0 Å². The summed E-state index contributed by atoms with van der Waals surface area (Å²) in [6, 6.07) is 13.4. The topological polar surface area (TPSA) is 0 Å². The van der Waals surface area contributed by atoms with Gasteiger partial charge in [-0.15, -0.1) is 0 Å². The maximum atomic E-state index is 3.92. The predicted octanol–water partition coefficient (Wildman–Crippen LogP) is 4.43. The molecule has 0 N–H and O–H groups in total. The van der Waals surface area contributed by atoms with E-state index in [4.69, 9.17) is 0 Å². The van der Waals surface area contributed by atoms with Gasteiger partial charge in [0.15, 0.2) is 0 Å². The smallest absolute Gasteiger partial charge is 0.0985 e. The van der Waals surface area contributed by atoms with E-state index in [1.54, 1.807) is 5.56 Å². The fourth-order valence-electron chi connectivity index (χ4n) is 3.10. The maximum Gasteiger partial charge on any atom is 0.148 e. The lowest BCUT2D eigenvalue weighted by Gasteiger charge is -2.13. The van der Waals surface area contributed by atoms with Gasteiger partial charge in [0, 0.05) is 22.9 Å². The summed E-state index contributed by atoms with van der Waals surface area (Å²) in [4.78, 5) is 0. The van der Waals surface area contributed by atoms with Crippen molar-refractivity contribution < 1.29 is 0 Å². The molecule has 1 aliphatic rings. The van der Waals surface area contributed by atoms with Crippen molar-refractivity contribution in [2.24, 2.45) is 0 Å². The van der Waals surface area contributed by atoms with Gasteiger partial charge in [-0.2, -0.15) is 0 Å². The molecule has 0 heterocycles. The van der Waals surface area contributed by atoms with Gasteiger partial charge in [-0.1, -0.05) is 49.6 Å². The van der Waals surface area contributed by atoms with Gasteiger partial charge in [-0.3, -0.25) is 0 Å². The van der Waals surface area contributed by atoms with Crippen LogP contribution in [-0.4, -0.2) is 11.5 Å². The first-order valence-electron chi connectivity index (χ1n) is 6.73. The van der Waals surface area contributed by atoms with Crippen molar-refractivity contribution in [3.8, 4) is 0 Å². The highest BCUT2D eigenvalue weighted by Gasteiger charge is 2.36. The van der Waals surface area contributed by atoms with Crippen LogP contribution in [0.4, 0.5) is 0 Å². The molecule has 0 aliphatic heterocycles. The minimum Gasteiger partial charge on any atom is -0.0985 e. The quantitative estimate of drug-likeness (QED) is 0.555. The summed E-state index contributed by atoms with van der Waals surface area (Å²) in [6.07, 6.45) is 5.31. The van der Waals surface area contributed by atoms with Crippen LogP contribution in [0.15, 0.2) is 61.7 Å². The number of benzene rings is 2. The first-order chi connectivity index (χ1) is 9.35. The van der Waals surface area contributed by atoms with E-state index >= 15 is 0 Å². The van der Waals surface area contributed by atoms with Crippen LogP contribution in [-0.2, 0) is 17.3 Å². The van der Waals surface area contributed by atoms with Crippen molar-refractivity contribution in [3.05, 3.63) is 72.8 Å². The van der Waals surface area contributed by atoms with Crippen LogP contribution in [0.5, 0.6) is 0 Å². The van der Waals surface area contributed by atoms with Crippen LogP contribution in [0.25, 0.3) is 10.8 Å². The predicted molar refractivity (Wildman–Crippen MR) is 87.9 cm³/mol. The van der Waals surface area contributed by atoms with Crippen molar-refractivity contribution in [1.29, 1.82) is 0 Å². The molecule has 96 valence electrons.